The van der Waals surface area contributed by atoms with Crippen LogP contribution < -0.4 is 15.5 Å². The van der Waals surface area contributed by atoms with Gasteiger partial charge in [-0.15, -0.1) is 0 Å². The second-order valence-corrected chi connectivity index (χ2v) is 7.06. The molecule has 0 radical (unpaired) electrons. The number of nitro benzene ring substituents is 1. The molecule has 0 spiro atoms. The summed E-state index contributed by atoms with van der Waals surface area (Å²) in [6.07, 6.45) is 0. The summed E-state index contributed by atoms with van der Waals surface area (Å²) in [5, 5.41) is 16.5. The molecule has 0 unspecified atom stereocenters. The number of nitrogens with one attached hydrogen (secondary N) is 2. The molecule has 158 valence electrons. The van der Waals surface area contributed by atoms with Crippen LogP contribution >= 0.6 is 0 Å². The summed E-state index contributed by atoms with van der Waals surface area (Å²) in [6, 6.07) is 9.85. The van der Waals surface area contributed by atoms with Crippen LogP contribution in [0.2, 0.25) is 0 Å². The smallest absolute Gasteiger partial charge is 0.270 e. The highest BCUT2D eigenvalue weighted by Gasteiger charge is 2.22. The van der Waals surface area contributed by atoms with Gasteiger partial charge < -0.3 is 20.3 Å². The number of aryl methyl sites for hydroxylation is 2. The minimum absolute atomic E-state index is 0.158. The summed E-state index contributed by atoms with van der Waals surface area (Å²) in [5.74, 6) is -0.920. The van der Waals surface area contributed by atoms with E-state index in [1.54, 1.807) is 6.07 Å². The summed E-state index contributed by atoms with van der Waals surface area (Å²) in [6.45, 7) is 5.69. The normalized spacial score (nSPS) is 13.6. The average molecular weight is 412 g/mol. The highest BCUT2D eigenvalue weighted by Crippen LogP contribution is 2.26. The molecule has 1 fully saturated rings. The van der Waals surface area contributed by atoms with E-state index in [0.29, 0.717) is 37.7 Å². The molecule has 2 aromatic rings. The largest absolute Gasteiger partial charge is 0.378 e. The Morgan fingerprint density at radius 2 is 1.80 bits per heavy atom. The first kappa shape index (κ1) is 21.3. The van der Waals surface area contributed by atoms with Crippen molar-refractivity contribution in [2.24, 2.45) is 0 Å². The van der Waals surface area contributed by atoms with Crippen LogP contribution in [0.5, 0.6) is 0 Å². The van der Waals surface area contributed by atoms with Gasteiger partial charge in [-0.05, 0) is 31.0 Å². The lowest BCUT2D eigenvalue weighted by atomic mass is 10.1. The maximum Gasteiger partial charge on any atom is 0.270 e. The Labute approximate surface area is 174 Å². The van der Waals surface area contributed by atoms with Gasteiger partial charge in [-0.1, -0.05) is 18.2 Å². The maximum atomic E-state index is 12.8. The van der Waals surface area contributed by atoms with Gasteiger partial charge in [0.25, 0.3) is 11.6 Å². The summed E-state index contributed by atoms with van der Waals surface area (Å²) < 4.78 is 5.33. The Morgan fingerprint density at radius 1 is 1.13 bits per heavy atom. The van der Waals surface area contributed by atoms with Crippen LogP contribution in [0.25, 0.3) is 0 Å². The SMILES string of the molecule is Cc1cccc(C)c1NC(=O)CNC(=O)c1cc([N+](=O)[O-])ccc1N1CCOCC1. The van der Waals surface area contributed by atoms with Gasteiger partial charge in [-0.3, -0.25) is 19.7 Å². The van der Waals surface area contributed by atoms with Crippen molar-refractivity contribution < 1.29 is 19.2 Å². The number of hydrogen-bond acceptors (Lipinski definition) is 6. The summed E-state index contributed by atoms with van der Waals surface area (Å²) in [5.41, 5.74) is 3.10. The molecule has 1 aliphatic rings. The van der Waals surface area contributed by atoms with Crippen molar-refractivity contribution in [3.8, 4) is 0 Å². The van der Waals surface area contributed by atoms with E-state index >= 15 is 0 Å². The molecule has 0 saturated carbocycles. The third-order valence-electron chi connectivity index (χ3n) is 4.94. The Bertz CT molecular complexity index is 950. The fourth-order valence-corrected chi connectivity index (χ4v) is 3.35. The Hall–Kier alpha value is -3.46. The van der Waals surface area contributed by atoms with Crippen LogP contribution in [0.15, 0.2) is 36.4 Å². The topological polar surface area (TPSA) is 114 Å². The molecule has 9 nitrogen and oxygen atoms in total. The fraction of sp³-hybridized carbons (Fsp3) is 0.333. The first-order chi connectivity index (χ1) is 14.4. The number of carbonyl (C=O) groups excluding carboxylic acids is 2. The number of ether oxygens (including phenoxy) is 1. The zero-order chi connectivity index (χ0) is 21.7. The number of benzene rings is 2. The number of carbonyl (C=O) groups is 2. The Kier molecular flexibility index (Phi) is 6.63. The van der Waals surface area contributed by atoms with Crippen LogP contribution in [0.3, 0.4) is 0 Å². The number of para-hydroxylation sites is 1. The Balaban J connectivity index is 1.74. The third kappa shape index (κ3) is 4.93. The summed E-state index contributed by atoms with van der Waals surface area (Å²) in [4.78, 5) is 37.7. The molecule has 9 heteroatoms. The highest BCUT2D eigenvalue weighted by molar-refractivity contribution is 6.03. The van der Waals surface area contributed by atoms with Crippen LogP contribution in [-0.4, -0.2) is 49.6 Å². The first-order valence-electron chi connectivity index (χ1n) is 9.62. The van der Waals surface area contributed by atoms with E-state index in [4.69, 9.17) is 4.74 Å². The quantitative estimate of drug-likeness (QED) is 0.556. The van der Waals surface area contributed by atoms with Crippen molar-refractivity contribution >= 4 is 28.9 Å². The van der Waals surface area contributed by atoms with Crippen LogP contribution in [0.4, 0.5) is 17.1 Å². The van der Waals surface area contributed by atoms with Crippen molar-refractivity contribution in [2.75, 3.05) is 43.1 Å². The van der Waals surface area contributed by atoms with Gasteiger partial charge in [-0.25, -0.2) is 0 Å². The van der Waals surface area contributed by atoms with Crippen LogP contribution in [-0.2, 0) is 9.53 Å². The molecule has 3 rings (SSSR count). The van der Waals surface area contributed by atoms with Crippen LogP contribution in [0.1, 0.15) is 21.5 Å². The Morgan fingerprint density at radius 3 is 2.43 bits per heavy atom. The van der Waals surface area contributed by atoms with Crippen molar-refractivity contribution in [3.63, 3.8) is 0 Å². The minimum Gasteiger partial charge on any atom is -0.378 e. The number of amides is 2. The molecule has 0 bridgehead atoms. The lowest BCUT2D eigenvalue weighted by Crippen LogP contribution is -2.39. The predicted octanol–water partition coefficient (Wildman–Crippen LogP) is 2.42. The van der Waals surface area contributed by atoms with E-state index < -0.39 is 10.8 Å². The molecular formula is C21H24N4O5. The molecular weight excluding hydrogens is 388 g/mol. The van der Waals surface area contributed by atoms with E-state index in [2.05, 4.69) is 10.6 Å². The van der Waals surface area contributed by atoms with Crippen molar-refractivity contribution in [1.82, 2.24) is 5.32 Å². The monoisotopic (exact) mass is 412 g/mol. The highest BCUT2D eigenvalue weighted by atomic mass is 16.6. The molecule has 0 aliphatic carbocycles. The first-order valence-corrected chi connectivity index (χ1v) is 9.62. The van der Waals surface area contributed by atoms with Crippen molar-refractivity contribution in [2.45, 2.75) is 13.8 Å². The molecule has 2 aromatic carbocycles. The molecule has 0 atom stereocenters. The molecule has 1 saturated heterocycles. The van der Waals surface area contributed by atoms with Crippen LogP contribution in [0, 0.1) is 24.0 Å². The molecule has 0 aromatic heterocycles. The third-order valence-corrected chi connectivity index (χ3v) is 4.94. The average Bonchev–Trinajstić information content (AvgIpc) is 2.75. The predicted molar refractivity (Wildman–Crippen MR) is 113 cm³/mol. The van der Waals surface area contributed by atoms with Gasteiger partial charge in [0.2, 0.25) is 5.91 Å². The summed E-state index contributed by atoms with van der Waals surface area (Å²) in [7, 11) is 0. The standard InChI is InChI=1S/C21H24N4O5/c1-14-4-3-5-15(2)20(14)23-19(26)13-22-21(27)17-12-16(25(28)29)6-7-18(17)24-8-10-30-11-9-24/h3-7,12H,8-11,13H2,1-2H3,(H,22,27)(H,23,26). The van der Waals surface area contributed by atoms with Gasteiger partial charge in [0.05, 0.1) is 35.9 Å². The number of anilines is 2. The minimum atomic E-state index is -0.548. The maximum absolute atomic E-state index is 12.8. The van der Waals surface area contributed by atoms with Gasteiger partial charge in [-0.2, -0.15) is 0 Å². The molecule has 2 amide bonds. The van der Waals surface area contributed by atoms with Crippen molar-refractivity contribution in [3.05, 3.63) is 63.2 Å². The van der Waals surface area contributed by atoms with Gasteiger partial charge >= 0.3 is 0 Å². The van der Waals surface area contributed by atoms with E-state index in [1.165, 1.54) is 12.1 Å². The number of morpholine rings is 1. The van der Waals surface area contributed by atoms with Crippen molar-refractivity contribution in [1.29, 1.82) is 0 Å². The number of rotatable bonds is 6. The molecule has 30 heavy (non-hydrogen) atoms. The zero-order valence-corrected chi connectivity index (χ0v) is 16.9. The second kappa shape index (κ2) is 9.36. The second-order valence-electron chi connectivity index (χ2n) is 7.06. The molecule has 1 heterocycles. The van der Waals surface area contributed by atoms with Gasteiger partial charge in [0.1, 0.15) is 0 Å². The fourth-order valence-electron chi connectivity index (χ4n) is 3.35. The number of nitro groups is 1. The van der Waals surface area contributed by atoms with E-state index in [9.17, 15) is 19.7 Å². The number of nitrogens with zero attached hydrogens (tertiary/aromatic N) is 2. The van der Waals surface area contributed by atoms with E-state index in [1.807, 2.05) is 36.9 Å². The molecule has 2 N–H and O–H groups in total. The molecule has 1 aliphatic heterocycles. The summed E-state index contributed by atoms with van der Waals surface area (Å²) >= 11 is 0. The lowest BCUT2D eigenvalue weighted by molar-refractivity contribution is -0.384. The lowest BCUT2D eigenvalue weighted by Gasteiger charge is -2.30. The van der Waals surface area contributed by atoms with Gasteiger partial charge in [0.15, 0.2) is 0 Å². The van der Waals surface area contributed by atoms with E-state index in [0.717, 1.165) is 11.1 Å². The zero-order valence-electron chi connectivity index (χ0n) is 16.9. The number of non-ortho nitro benzene ring substituents is 1. The van der Waals surface area contributed by atoms with E-state index in [-0.39, 0.29) is 23.7 Å². The number of hydrogen-bond donors (Lipinski definition) is 2. The van der Waals surface area contributed by atoms with Gasteiger partial charge in [0, 0.05) is 30.9 Å².